The molecule has 1 atom stereocenters. The van der Waals surface area contributed by atoms with E-state index in [0.717, 1.165) is 18.1 Å². The first-order valence-corrected chi connectivity index (χ1v) is 8.10. The van der Waals surface area contributed by atoms with Crippen LogP contribution in [0.1, 0.15) is 24.4 Å². The molecule has 1 unspecified atom stereocenters. The number of methoxy groups -OCH3 is 1. The molecule has 0 aromatic heterocycles. The third kappa shape index (κ3) is 6.82. The predicted octanol–water partition coefficient (Wildman–Crippen LogP) is 2.65. The van der Waals surface area contributed by atoms with Crippen LogP contribution < -0.4 is 11.1 Å². The van der Waals surface area contributed by atoms with Crippen LogP contribution in [-0.4, -0.2) is 50.8 Å². The van der Waals surface area contributed by atoms with Gasteiger partial charge in [-0.3, -0.25) is 9.89 Å². The highest BCUT2D eigenvalue weighted by Gasteiger charge is 2.23. The van der Waals surface area contributed by atoms with Gasteiger partial charge in [0.15, 0.2) is 5.96 Å². The first-order valence-electron chi connectivity index (χ1n) is 7.73. The lowest BCUT2D eigenvalue weighted by atomic mass is 10.1. The van der Waals surface area contributed by atoms with E-state index in [2.05, 4.69) is 21.3 Å². The molecule has 7 heteroatoms. The largest absolute Gasteiger partial charge is 0.383 e. The van der Waals surface area contributed by atoms with Gasteiger partial charge in [-0.1, -0.05) is 23.7 Å². The van der Waals surface area contributed by atoms with Crippen LogP contribution in [-0.2, 0) is 4.74 Å². The molecule has 0 saturated carbocycles. The monoisotopic (exact) mass is 452 g/mol. The lowest BCUT2D eigenvalue weighted by molar-refractivity contribution is 0.203. The van der Waals surface area contributed by atoms with Crippen LogP contribution in [0.4, 0.5) is 0 Å². The zero-order valence-electron chi connectivity index (χ0n) is 13.5. The molecule has 1 aromatic carbocycles. The van der Waals surface area contributed by atoms with Crippen LogP contribution in [0.5, 0.6) is 0 Å². The van der Waals surface area contributed by atoms with E-state index >= 15 is 0 Å². The van der Waals surface area contributed by atoms with E-state index < -0.39 is 0 Å². The Labute approximate surface area is 160 Å². The van der Waals surface area contributed by atoms with E-state index in [9.17, 15) is 0 Å². The van der Waals surface area contributed by atoms with E-state index in [0.29, 0.717) is 25.7 Å². The van der Waals surface area contributed by atoms with Gasteiger partial charge >= 0.3 is 0 Å². The summed E-state index contributed by atoms with van der Waals surface area (Å²) in [5.41, 5.74) is 7.11. The van der Waals surface area contributed by atoms with Gasteiger partial charge in [0.25, 0.3) is 0 Å². The molecule has 1 saturated heterocycles. The quantitative estimate of drug-likeness (QED) is 0.289. The first kappa shape index (κ1) is 20.5. The average Bonchev–Trinajstić information content (AvgIpc) is 3.02. The Hall–Kier alpha value is -0.570. The number of likely N-dealkylation sites (tertiary alicyclic amines) is 1. The second-order valence-electron chi connectivity index (χ2n) is 5.46. The van der Waals surface area contributed by atoms with Gasteiger partial charge in [0.2, 0.25) is 0 Å². The van der Waals surface area contributed by atoms with Gasteiger partial charge in [-0.05, 0) is 43.6 Å². The number of guanidine groups is 1. The average molecular weight is 453 g/mol. The fourth-order valence-electron chi connectivity index (χ4n) is 2.72. The van der Waals surface area contributed by atoms with Gasteiger partial charge in [0.1, 0.15) is 0 Å². The summed E-state index contributed by atoms with van der Waals surface area (Å²) in [6.07, 6.45) is 2.48. The number of hydrogen-bond donors (Lipinski definition) is 2. The smallest absolute Gasteiger partial charge is 0.188 e. The Kier molecular flexibility index (Phi) is 9.85. The minimum absolute atomic E-state index is 0. The van der Waals surface area contributed by atoms with E-state index in [1.165, 1.54) is 18.4 Å². The van der Waals surface area contributed by atoms with Crippen LogP contribution in [0, 0.1) is 0 Å². The van der Waals surface area contributed by atoms with Crippen molar-refractivity contribution in [2.45, 2.75) is 18.9 Å². The van der Waals surface area contributed by atoms with E-state index in [4.69, 9.17) is 22.1 Å². The molecule has 1 heterocycles. The van der Waals surface area contributed by atoms with Crippen LogP contribution in [0.3, 0.4) is 0 Å². The molecule has 130 valence electrons. The molecule has 0 amide bonds. The minimum Gasteiger partial charge on any atom is -0.383 e. The molecule has 0 spiro atoms. The summed E-state index contributed by atoms with van der Waals surface area (Å²) in [5.74, 6) is 0.461. The topological polar surface area (TPSA) is 62.9 Å². The van der Waals surface area contributed by atoms with Gasteiger partial charge in [-0.2, -0.15) is 0 Å². The minimum atomic E-state index is 0. The molecule has 23 heavy (non-hydrogen) atoms. The summed E-state index contributed by atoms with van der Waals surface area (Å²) in [5, 5.41) is 3.81. The highest BCUT2D eigenvalue weighted by atomic mass is 127. The summed E-state index contributed by atoms with van der Waals surface area (Å²) in [4.78, 5) is 6.95. The molecular weight excluding hydrogens is 427 g/mol. The maximum Gasteiger partial charge on any atom is 0.188 e. The first-order chi connectivity index (χ1) is 10.7. The Morgan fingerprint density at radius 2 is 2.17 bits per heavy atom. The highest BCUT2D eigenvalue weighted by molar-refractivity contribution is 14.0. The molecule has 0 radical (unpaired) electrons. The normalized spacial score (nSPS) is 16.9. The summed E-state index contributed by atoms with van der Waals surface area (Å²) in [7, 11) is 1.66. The molecule has 2 rings (SSSR count). The van der Waals surface area contributed by atoms with Gasteiger partial charge < -0.3 is 15.8 Å². The molecule has 0 bridgehead atoms. The molecule has 5 nitrogen and oxygen atoms in total. The molecule has 1 aliphatic heterocycles. The Bertz CT molecular complexity index is 495. The lowest BCUT2D eigenvalue weighted by Crippen LogP contribution is -2.35. The van der Waals surface area contributed by atoms with E-state index in [1.807, 2.05) is 18.2 Å². The van der Waals surface area contributed by atoms with Gasteiger partial charge in [0.05, 0.1) is 19.2 Å². The predicted molar refractivity (Wildman–Crippen MR) is 107 cm³/mol. The third-order valence-electron chi connectivity index (χ3n) is 3.86. The maximum absolute atomic E-state index is 6.14. The van der Waals surface area contributed by atoms with Crippen molar-refractivity contribution >= 4 is 41.5 Å². The lowest BCUT2D eigenvalue weighted by Gasteiger charge is -2.26. The van der Waals surface area contributed by atoms with Crippen LogP contribution in [0.2, 0.25) is 5.02 Å². The number of halogens is 2. The van der Waals surface area contributed by atoms with Crippen LogP contribution in [0.15, 0.2) is 29.3 Å². The highest BCUT2D eigenvalue weighted by Crippen LogP contribution is 2.27. The molecular formula is C16H26ClIN4O. The second kappa shape index (κ2) is 11.1. The number of benzene rings is 1. The number of nitrogens with two attached hydrogens (primary N) is 1. The van der Waals surface area contributed by atoms with Crippen molar-refractivity contribution in [3.8, 4) is 0 Å². The zero-order chi connectivity index (χ0) is 15.8. The second-order valence-corrected chi connectivity index (χ2v) is 5.90. The Balaban J connectivity index is 0.00000264. The van der Waals surface area contributed by atoms with Crippen molar-refractivity contribution < 1.29 is 4.74 Å². The van der Waals surface area contributed by atoms with Crippen LogP contribution in [0.25, 0.3) is 0 Å². The van der Waals surface area contributed by atoms with E-state index in [-0.39, 0.29) is 30.0 Å². The molecule has 0 aliphatic carbocycles. The summed E-state index contributed by atoms with van der Waals surface area (Å²) in [6, 6.07) is 8.25. The zero-order valence-corrected chi connectivity index (χ0v) is 16.6. The number of aliphatic imine (C=N–C) groups is 1. The Morgan fingerprint density at radius 3 is 2.83 bits per heavy atom. The van der Waals surface area contributed by atoms with Gasteiger partial charge in [-0.25, -0.2) is 0 Å². The summed E-state index contributed by atoms with van der Waals surface area (Å²) >= 11 is 6.14. The van der Waals surface area contributed by atoms with Crippen molar-refractivity contribution in [2.24, 2.45) is 10.7 Å². The number of nitrogens with one attached hydrogen (secondary N) is 1. The molecule has 1 fully saturated rings. The fourth-order valence-corrected chi connectivity index (χ4v) is 2.92. The summed E-state index contributed by atoms with van der Waals surface area (Å²) in [6.45, 7) is 4.11. The SMILES string of the molecule is COCCNC(N)=NCC(c1cccc(Cl)c1)N1CCCC1.I. The van der Waals surface area contributed by atoms with Crippen molar-refractivity contribution in [3.05, 3.63) is 34.9 Å². The number of nitrogens with zero attached hydrogens (tertiary/aromatic N) is 2. The third-order valence-corrected chi connectivity index (χ3v) is 4.10. The van der Waals surface area contributed by atoms with Crippen molar-refractivity contribution in [1.82, 2.24) is 10.2 Å². The summed E-state index contributed by atoms with van der Waals surface area (Å²) < 4.78 is 4.99. The number of rotatable bonds is 7. The standard InChI is InChI=1S/C16H25ClN4O.HI/c1-22-10-7-19-16(18)20-12-15(21-8-2-3-9-21)13-5-4-6-14(17)11-13;/h4-6,11,15H,2-3,7-10,12H2,1H3,(H3,18,19,20);1H. The molecule has 1 aliphatic rings. The maximum atomic E-state index is 6.14. The molecule has 3 N–H and O–H groups in total. The van der Waals surface area contributed by atoms with Crippen molar-refractivity contribution in [1.29, 1.82) is 0 Å². The van der Waals surface area contributed by atoms with Gasteiger partial charge in [-0.15, -0.1) is 24.0 Å². The fraction of sp³-hybridized carbons (Fsp3) is 0.562. The van der Waals surface area contributed by atoms with Crippen molar-refractivity contribution in [3.63, 3.8) is 0 Å². The molecule has 1 aromatic rings. The Morgan fingerprint density at radius 1 is 1.43 bits per heavy atom. The van der Waals surface area contributed by atoms with Crippen LogP contribution >= 0.6 is 35.6 Å². The number of hydrogen-bond acceptors (Lipinski definition) is 3. The van der Waals surface area contributed by atoms with E-state index in [1.54, 1.807) is 7.11 Å². The van der Waals surface area contributed by atoms with Crippen molar-refractivity contribution in [2.75, 3.05) is 39.9 Å². The number of ether oxygens (including phenoxy) is 1. The van der Waals surface area contributed by atoms with Gasteiger partial charge in [0, 0.05) is 18.7 Å².